The van der Waals surface area contributed by atoms with Crippen LogP contribution in [0.2, 0.25) is 0 Å². The van der Waals surface area contributed by atoms with Crippen molar-refractivity contribution in [2.45, 2.75) is 13.8 Å². The molecule has 0 radical (unpaired) electrons. The molecule has 0 N–H and O–H groups in total. The number of hydrogen-bond donors (Lipinski definition) is 1. The molecule has 0 aliphatic heterocycles. The van der Waals surface area contributed by atoms with Gasteiger partial charge in [0.05, 0.1) is 13.2 Å². The van der Waals surface area contributed by atoms with Gasteiger partial charge in [-0.05, 0) is 13.8 Å². The summed E-state index contributed by atoms with van der Waals surface area (Å²) < 4.78 is 21.3. The van der Waals surface area contributed by atoms with Gasteiger partial charge in [0, 0.05) is 12.4 Å². The Morgan fingerprint density at radius 3 is 2.58 bits per heavy atom. The fraction of sp³-hybridized carbons (Fsp3) is 1.00. The molecule has 6 heteroatoms. The molecule has 0 heterocycles. The van der Waals surface area contributed by atoms with Crippen LogP contribution in [0.25, 0.3) is 0 Å². The van der Waals surface area contributed by atoms with Crippen molar-refractivity contribution in [2.24, 2.45) is 0 Å². The van der Waals surface area contributed by atoms with E-state index in [0.29, 0.717) is 25.6 Å². The van der Waals surface area contributed by atoms with Crippen LogP contribution in [0.3, 0.4) is 0 Å². The maximum absolute atomic E-state index is 11.3. The van der Waals surface area contributed by atoms with E-state index in [-0.39, 0.29) is 0 Å². The van der Waals surface area contributed by atoms with Gasteiger partial charge < -0.3 is 9.26 Å². The highest BCUT2D eigenvalue weighted by Gasteiger charge is 2.16. The second kappa shape index (κ2) is 7.27. The molecule has 0 aromatic heterocycles. The van der Waals surface area contributed by atoms with Gasteiger partial charge in [-0.2, -0.15) is 0 Å². The molecular weight excluding hydrogens is 215 g/mol. The molecule has 0 aromatic carbocycles. The summed E-state index contributed by atoms with van der Waals surface area (Å²) in [6.07, 6.45) is 0. The summed E-state index contributed by atoms with van der Waals surface area (Å²) in [6, 6.07) is 0. The summed E-state index contributed by atoms with van der Waals surface area (Å²) >= 11 is 5.13. The monoisotopic (exact) mass is 230 g/mol. The van der Waals surface area contributed by atoms with Crippen LogP contribution in [0.1, 0.15) is 13.8 Å². The predicted molar refractivity (Wildman–Crippen MR) is 57.2 cm³/mol. The fourth-order valence-corrected chi connectivity index (χ4v) is 3.92. The van der Waals surface area contributed by atoms with Crippen molar-refractivity contribution in [1.29, 1.82) is 0 Å². The molecular formula is C6H15O3PS2. The zero-order valence-electron chi connectivity index (χ0n) is 7.36. The molecule has 0 amide bonds. The lowest BCUT2D eigenvalue weighted by Crippen LogP contribution is -1.95. The SMILES string of the molecule is CCOCCSP(=O)(S)OCC. The van der Waals surface area contributed by atoms with Crippen LogP contribution in [-0.4, -0.2) is 25.6 Å². The van der Waals surface area contributed by atoms with Crippen molar-refractivity contribution < 1.29 is 13.8 Å². The van der Waals surface area contributed by atoms with Crippen molar-refractivity contribution in [3.63, 3.8) is 0 Å². The Morgan fingerprint density at radius 1 is 1.42 bits per heavy atom. The Bertz CT molecular complexity index is 154. The first-order valence-corrected chi connectivity index (χ1v) is 8.18. The molecule has 0 fully saturated rings. The Hall–Kier alpha value is 0.850. The number of ether oxygens (including phenoxy) is 1. The third-order valence-corrected chi connectivity index (χ3v) is 5.47. The topological polar surface area (TPSA) is 35.5 Å². The van der Waals surface area contributed by atoms with Crippen LogP contribution >= 0.6 is 29.4 Å². The average Bonchev–Trinajstić information content (AvgIpc) is 1.98. The van der Waals surface area contributed by atoms with Gasteiger partial charge in [0.2, 0.25) is 0 Å². The minimum atomic E-state index is -2.70. The molecule has 0 rings (SSSR count). The smallest absolute Gasteiger partial charge is 0.310 e. The lowest BCUT2D eigenvalue weighted by atomic mass is 10.8. The fourth-order valence-electron chi connectivity index (χ4n) is 0.556. The van der Waals surface area contributed by atoms with E-state index in [1.54, 1.807) is 6.92 Å². The summed E-state index contributed by atoms with van der Waals surface area (Å²) in [5.74, 6) is -2.04. The average molecular weight is 230 g/mol. The van der Waals surface area contributed by atoms with E-state index in [1.807, 2.05) is 6.92 Å². The summed E-state index contributed by atoms with van der Waals surface area (Å²) in [6.45, 7) is 5.44. The van der Waals surface area contributed by atoms with Gasteiger partial charge >= 0.3 is 5.77 Å². The minimum absolute atomic E-state index is 0.433. The summed E-state index contributed by atoms with van der Waals surface area (Å²) in [5, 5.41) is 0. The highest BCUT2D eigenvalue weighted by atomic mass is 33.1. The van der Waals surface area contributed by atoms with E-state index < -0.39 is 5.77 Å². The summed E-state index contributed by atoms with van der Waals surface area (Å²) in [7, 11) is 0. The standard InChI is InChI=1S/C6H15O3PS2/c1-3-8-5-6-12-10(7,11)9-4-2/h3-6H2,1-2H3,(H,7,11). The van der Waals surface area contributed by atoms with Gasteiger partial charge in [-0.3, -0.25) is 4.57 Å². The van der Waals surface area contributed by atoms with Crippen LogP contribution < -0.4 is 0 Å². The molecule has 3 nitrogen and oxygen atoms in total. The van der Waals surface area contributed by atoms with E-state index in [4.69, 9.17) is 9.26 Å². The van der Waals surface area contributed by atoms with Crippen molar-refractivity contribution in [3.8, 4) is 0 Å². The molecule has 0 bridgehead atoms. The van der Waals surface area contributed by atoms with Crippen LogP contribution in [0, 0.1) is 0 Å². The second-order valence-electron chi connectivity index (χ2n) is 1.92. The van der Waals surface area contributed by atoms with Crippen LogP contribution in [0.5, 0.6) is 0 Å². The Balaban J connectivity index is 3.41. The Morgan fingerprint density at radius 2 is 2.08 bits per heavy atom. The lowest BCUT2D eigenvalue weighted by Gasteiger charge is -2.09. The highest BCUT2D eigenvalue weighted by molar-refractivity contribution is 8.84. The largest absolute Gasteiger partial charge is 0.381 e. The van der Waals surface area contributed by atoms with Crippen LogP contribution in [-0.2, 0) is 13.8 Å². The predicted octanol–water partition coefficient (Wildman–Crippen LogP) is 2.83. The molecule has 74 valence electrons. The normalized spacial score (nSPS) is 15.9. The maximum atomic E-state index is 11.3. The first-order valence-electron chi connectivity index (χ1n) is 3.82. The van der Waals surface area contributed by atoms with Gasteiger partial charge in [0.1, 0.15) is 0 Å². The van der Waals surface area contributed by atoms with Gasteiger partial charge in [0.15, 0.2) is 0 Å². The Kier molecular flexibility index (Phi) is 7.79. The zero-order valence-corrected chi connectivity index (χ0v) is 9.96. The summed E-state index contributed by atoms with van der Waals surface area (Å²) in [5.41, 5.74) is 0. The Labute approximate surface area is 82.9 Å². The molecule has 0 aliphatic carbocycles. The van der Waals surface area contributed by atoms with Crippen molar-refractivity contribution in [3.05, 3.63) is 0 Å². The molecule has 1 unspecified atom stereocenters. The third-order valence-electron chi connectivity index (χ3n) is 0.978. The van der Waals surface area contributed by atoms with Crippen molar-refractivity contribution in [1.82, 2.24) is 0 Å². The molecule has 1 atom stereocenters. The van der Waals surface area contributed by atoms with Gasteiger partial charge in [-0.25, -0.2) is 0 Å². The van der Waals surface area contributed by atoms with Crippen LogP contribution in [0.15, 0.2) is 0 Å². The second-order valence-corrected chi connectivity index (χ2v) is 8.39. The van der Waals surface area contributed by atoms with Crippen molar-refractivity contribution in [2.75, 3.05) is 25.6 Å². The maximum Gasteiger partial charge on any atom is 0.310 e. The first-order chi connectivity index (χ1) is 5.62. The van der Waals surface area contributed by atoms with Crippen molar-refractivity contribution >= 4 is 29.4 Å². The highest BCUT2D eigenvalue weighted by Crippen LogP contribution is 2.63. The molecule has 0 saturated heterocycles. The number of hydrogen-bond acceptors (Lipinski definition) is 4. The molecule has 0 aromatic rings. The number of rotatable bonds is 7. The first kappa shape index (κ1) is 12.8. The molecule has 0 saturated carbocycles. The van der Waals surface area contributed by atoms with Gasteiger partial charge in [0.25, 0.3) is 0 Å². The molecule has 12 heavy (non-hydrogen) atoms. The quantitative estimate of drug-likeness (QED) is 0.414. The zero-order chi connectivity index (χ0) is 9.45. The summed E-state index contributed by atoms with van der Waals surface area (Å²) in [4.78, 5) is 0. The van der Waals surface area contributed by atoms with E-state index in [1.165, 1.54) is 11.4 Å². The molecule has 0 spiro atoms. The number of thiol groups is 1. The van der Waals surface area contributed by atoms with E-state index in [0.717, 1.165) is 0 Å². The van der Waals surface area contributed by atoms with Gasteiger partial charge in [-0.1, -0.05) is 23.6 Å². The molecule has 0 aliphatic rings. The minimum Gasteiger partial charge on any atom is -0.381 e. The third kappa shape index (κ3) is 7.50. The van der Waals surface area contributed by atoms with Crippen LogP contribution in [0.4, 0.5) is 0 Å². The lowest BCUT2D eigenvalue weighted by molar-refractivity contribution is 0.164. The van der Waals surface area contributed by atoms with Gasteiger partial charge in [-0.15, -0.1) is 0 Å². The van der Waals surface area contributed by atoms with E-state index in [9.17, 15) is 4.57 Å². The van der Waals surface area contributed by atoms with E-state index >= 15 is 0 Å². The van der Waals surface area contributed by atoms with E-state index in [2.05, 4.69) is 12.2 Å².